The summed E-state index contributed by atoms with van der Waals surface area (Å²) >= 11 is 0. The zero-order valence-corrected chi connectivity index (χ0v) is 15.9. The maximum Gasteiger partial charge on any atom is 0.0433 e. The van der Waals surface area contributed by atoms with Crippen LogP contribution in [0.4, 0.5) is 0 Å². The van der Waals surface area contributed by atoms with Crippen molar-refractivity contribution in [1.29, 1.82) is 0 Å². The molecular weight excluding hydrogens is 268 g/mol. The van der Waals surface area contributed by atoms with Crippen LogP contribution in [0, 0.1) is 11.8 Å². The quantitative estimate of drug-likeness (QED) is 0.283. The monoisotopic (exact) mass is 312 g/mol. The number of hydrogen-bond acceptors (Lipinski definition) is 1. The molecule has 22 heavy (non-hydrogen) atoms. The number of aliphatic hydroxyl groups excluding tert-OH is 1. The van der Waals surface area contributed by atoms with Gasteiger partial charge in [0.1, 0.15) is 0 Å². The summed E-state index contributed by atoms with van der Waals surface area (Å²) in [4.78, 5) is 0. The van der Waals surface area contributed by atoms with Crippen LogP contribution in [-0.2, 0) is 0 Å². The van der Waals surface area contributed by atoms with Gasteiger partial charge >= 0.3 is 0 Å². The Balaban J connectivity index is 3.27. The van der Waals surface area contributed by atoms with Crippen LogP contribution >= 0.6 is 0 Å². The Hall–Kier alpha value is -0.0400. The van der Waals surface area contributed by atoms with E-state index in [4.69, 9.17) is 5.11 Å². The van der Waals surface area contributed by atoms with Gasteiger partial charge in [-0.2, -0.15) is 0 Å². The molecule has 1 heteroatoms. The van der Waals surface area contributed by atoms with Crippen LogP contribution < -0.4 is 0 Å². The second-order valence-corrected chi connectivity index (χ2v) is 7.69. The molecule has 1 nitrogen and oxygen atoms in total. The molecular formula is C21H44O. The molecule has 0 saturated carbocycles. The predicted molar refractivity (Wildman–Crippen MR) is 100 cm³/mol. The zero-order valence-electron chi connectivity index (χ0n) is 15.9. The highest BCUT2D eigenvalue weighted by Crippen LogP contribution is 2.22. The summed E-state index contributed by atoms with van der Waals surface area (Å²) in [5.74, 6) is 1.53. The van der Waals surface area contributed by atoms with Crippen LogP contribution in [0.15, 0.2) is 0 Å². The Bertz CT molecular complexity index is 200. The summed E-state index contributed by atoms with van der Waals surface area (Å²) in [5.41, 5.74) is 0. The van der Waals surface area contributed by atoms with E-state index in [0.717, 1.165) is 18.3 Å². The normalized spacial score (nSPS) is 13.0. The fourth-order valence-electron chi connectivity index (χ4n) is 3.50. The van der Waals surface area contributed by atoms with E-state index < -0.39 is 0 Å². The largest absolute Gasteiger partial charge is 0.396 e. The van der Waals surface area contributed by atoms with E-state index in [9.17, 15) is 0 Å². The van der Waals surface area contributed by atoms with Crippen molar-refractivity contribution in [2.24, 2.45) is 11.8 Å². The van der Waals surface area contributed by atoms with Crippen LogP contribution in [0.25, 0.3) is 0 Å². The van der Waals surface area contributed by atoms with Crippen molar-refractivity contribution in [2.45, 2.75) is 117 Å². The number of aliphatic hydroxyl groups is 1. The first-order chi connectivity index (χ1) is 10.7. The lowest BCUT2D eigenvalue weighted by Gasteiger charge is -2.17. The minimum atomic E-state index is 0.371. The van der Waals surface area contributed by atoms with Gasteiger partial charge in [-0.15, -0.1) is 0 Å². The molecule has 0 radical (unpaired) electrons. The molecule has 0 bridgehead atoms. The number of hydrogen-bond donors (Lipinski definition) is 1. The third kappa shape index (κ3) is 16.3. The summed E-state index contributed by atoms with van der Waals surface area (Å²) in [6.07, 6.45) is 20.7. The summed E-state index contributed by atoms with van der Waals surface area (Å²) in [6, 6.07) is 0. The molecule has 0 heterocycles. The molecule has 1 N–H and O–H groups in total. The average Bonchev–Trinajstić information content (AvgIpc) is 2.48. The summed E-state index contributed by atoms with van der Waals surface area (Å²) in [6.45, 7) is 7.25. The van der Waals surface area contributed by atoms with Crippen LogP contribution in [0.1, 0.15) is 117 Å². The smallest absolute Gasteiger partial charge is 0.0433 e. The second-order valence-electron chi connectivity index (χ2n) is 7.69. The molecule has 0 fully saturated rings. The highest BCUT2D eigenvalue weighted by Gasteiger charge is 2.09. The van der Waals surface area contributed by atoms with Crippen molar-refractivity contribution >= 4 is 0 Å². The lowest BCUT2D eigenvalue weighted by atomic mass is 9.89. The average molecular weight is 313 g/mol. The van der Waals surface area contributed by atoms with E-state index in [2.05, 4.69) is 20.8 Å². The first-order valence-corrected chi connectivity index (χ1v) is 10.3. The highest BCUT2D eigenvalue weighted by atomic mass is 16.3. The minimum Gasteiger partial charge on any atom is -0.396 e. The first kappa shape index (κ1) is 22.0. The molecule has 134 valence electrons. The Morgan fingerprint density at radius 2 is 1.09 bits per heavy atom. The molecule has 0 rings (SSSR count). The maximum absolute atomic E-state index is 9.14. The minimum absolute atomic E-state index is 0.371. The third-order valence-corrected chi connectivity index (χ3v) is 4.81. The van der Waals surface area contributed by atoms with Crippen LogP contribution in [0.2, 0.25) is 0 Å². The lowest BCUT2D eigenvalue weighted by Crippen LogP contribution is -2.07. The maximum atomic E-state index is 9.14. The molecule has 0 saturated heterocycles. The van der Waals surface area contributed by atoms with E-state index in [0.29, 0.717) is 6.61 Å². The van der Waals surface area contributed by atoms with E-state index in [1.807, 2.05) is 0 Å². The molecule has 0 amide bonds. The van der Waals surface area contributed by atoms with E-state index in [-0.39, 0.29) is 0 Å². The van der Waals surface area contributed by atoms with Gasteiger partial charge in [-0.25, -0.2) is 0 Å². The SMILES string of the molecule is CCCCCCCCCCCCCCC(CCO)CC(C)C. The van der Waals surface area contributed by atoms with E-state index in [1.54, 1.807) is 0 Å². The molecule has 0 spiro atoms. The van der Waals surface area contributed by atoms with Gasteiger partial charge < -0.3 is 5.11 Å². The summed E-state index contributed by atoms with van der Waals surface area (Å²) in [5, 5.41) is 9.14. The van der Waals surface area contributed by atoms with Gasteiger partial charge in [0.2, 0.25) is 0 Å². The van der Waals surface area contributed by atoms with Crippen molar-refractivity contribution in [2.75, 3.05) is 6.61 Å². The molecule has 1 unspecified atom stereocenters. The molecule has 0 aliphatic rings. The Kier molecular flexibility index (Phi) is 17.3. The standard InChI is InChI=1S/C21H44O/c1-4-5-6-7-8-9-10-11-12-13-14-15-16-21(17-18-22)19-20(2)3/h20-22H,4-19H2,1-3H3. The first-order valence-electron chi connectivity index (χ1n) is 10.3. The van der Waals surface area contributed by atoms with Gasteiger partial charge in [-0.05, 0) is 24.7 Å². The Morgan fingerprint density at radius 1 is 0.636 bits per heavy atom. The van der Waals surface area contributed by atoms with Crippen molar-refractivity contribution in [3.8, 4) is 0 Å². The second kappa shape index (κ2) is 17.3. The highest BCUT2D eigenvalue weighted by molar-refractivity contribution is 4.62. The fourth-order valence-corrected chi connectivity index (χ4v) is 3.50. The van der Waals surface area contributed by atoms with E-state index >= 15 is 0 Å². The van der Waals surface area contributed by atoms with Gasteiger partial charge in [0.25, 0.3) is 0 Å². The number of unbranched alkanes of at least 4 members (excludes halogenated alkanes) is 11. The van der Waals surface area contributed by atoms with Crippen molar-refractivity contribution in [3.05, 3.63) is 0 Å². The number of rotatable bonds is 17. The zero-order chi connectivity index (χ0) is 16.5. The molecule has 0 aliphatic carbocycles. The van der Waals surface area contributed by atoms with Gasteiger partial charge in [0.05, 0.1) is 0 Å². The van der Waals surface area contributed by atoms with Crippen LogP contribution in [0.5, 0.6) is 0 Å². The third-order valence-electron chi connectivity index (χ3n) is 4.81. The van der Waals surface area contributed by atoms with Crippen molar-refractivity contribution in [1.82, 2.24) is 0 Å². The van der Waals surface area contributed by atoms with Gasteiger partial charge in [0.15, 0.2) is 0 Å². The molecule has 0 aromatic heterocycles. The van der Waals surface area contributed by atoms with Gasteiger partial charge in [-0.3, -0.25) is 0 Å². The summed E-state index contributed by atoms with van der Waals surface area (Å²) < 4.78 is 0. The Morgan fingerprint density at radius 3 is 1.50 bits per heavy atom. The fraction of sp³-hybridized carbons (Fsp3) is 1.00. The van der Waals surface area contributed by atoms with Crippen LogP contribution in [-0.4, -0.2) is 11.7 Å². The van der Waals surface area contributed by atoms with Crippen molar-refractivity contribution < 1.29 is 5.11 Å². The van der Waals surface area contributed by atoms with Gasteiger partial charge in [-0.1, -0.05) is 104 Å². The molecule has 1 atom stereocenters. The molecule has 0 aromatic carbocycles. The molecule has 0 aromatic rings. The van der Waals surface area contributed by atoms with Crippen LogP contribution in [0.3, 0.4) is 0 Å². The topological polar surface area (TPSA) is 20.2 Å². The van der Waals surface area contributed by atoms with Gasteiger partial charge in [0, 0.05) is 6.61 Å². The summed E-state index contributed by atoms with van der Waals surface area (Å²) in [7, 11) is 0. The van der Waals surface area contributed by atoms with E-state index in [1.165, 1.54) is 89.9 Å². The molecule has 0 aliphatic heterocycles. The lowest BCUT2D eigenvalue weighted by molar-refractivity contribution is 0.234. The predicted octanol–water partition coefficient (Wildman–Crippen LogP) is 7.12. The Labute approximate surface area is 141 Å². The van der Waals surface area contributed by atoms with Crippen molar-refractivity contribution in [3.63, 3.8) is 0 Å².